The first-order valence-electron chi connectivity index (χ1n) is 10.3. The van der Waals surface area contributed by atoms with Gasteiger partial charge < -0.3 is 14.2 Å². The second-order valence-corrected chi connectivity index (χ2v) is 7.80. The van der Waals surface area contributed by atoms with Crippen molar-refractivity contribution in [2.24, 2.45) is 0 Å². The lowest BCUT2D eigenvalue weighted by Gasteiger charge is -2.30. The van der Waals surface area contributed by atoms with Crippen LogP contribution in [0.1, 0.15) is 47.4 Å². The molecular weight excluding hydrogens is 443 g/mol. The number of amides is 1. The second-order valence-electron chi connectivity index (χ2n) is 7.80. The molecule has 4 rings (SSSR count). The van der Waals surface area contributed by atoms with Gasteiger partial charge in [-0.05, 0) is 43.2 Å². The second kappa shape index (κ2) is 9.16. The van der Waals surface area contributed by atoms with E-state index in [1.165, 1.54) is 10.9 Å². The number of likely N-dealkylation sites (tertiary alicyclic amines) is 1. The van der Waals surface area contributed by atoms with Crippen LogP contribution >= 0.6 is 0 Å². The van der Waals surface area contributed by atoms with Crippen molar-refractivity contribution < 1.29 is 27.2 Å². The maximum Gasteiger partial charge on any atom is 0.416 e. The maximum absolute atomic E-state index is 13.2. The van der Waals surface area contributed by atoms with Crippen LogP contribution in [0, 0.1) is 13.8 Å². The Labute approximate surface area is 186 Å². The van der Waals surface area contributed by atoms with Gasteiger partial charge in [0.15, 0.2) is 18.3 Å². The van der Waals surface area contributed by atoms with E-state index in [0.29, 0.717) is 43.5 Å². The first kappa shape index (κ1) is 22.7. The van der Waals surface area contributed by atoms with E-state index in [2.05, 4.69) is 25.6 Å². The summed E-state index contributed by atoms with van der Waals surface area (Å²) >= 11 is 0. The fraction of sp³-hybridized carbons (Fsp3) is 0.500. The molecule has 13 heteroatoms. The molecule has 176 valence electrons. The third-order valence-corrected chi connectivity index (χ3v) is 5.36. The summed E-state index contributed by atoms with van der Waals surface area (Å²) < 4.78 is 50.2. The molecule has 0 unspecified atom stereocenters. The van der Waals surface area contributed by atoms with E-state index >= 15 is 0 Å². The van der Waals surface area contributed by atoms with Gasteiger partial charge in [-0.25, -0.2) is 0 Å². The molecule has 1 aliphatic heterocycles. The fourth-order valence-corrected chi connectivity index (χ4v) is 3.66. The molecule has 1 aromatic carbocycles. The molecule has 0 atom stereocenters. The zero-order valence-electron chi connectivity index (χ0n) is 18.0. The van der Waals surface area contributed by atoms with Crippen LogP contribution < -0.4 is 4.74 Å². The number of hydrogen-bond donors (Lipinski definition) is 0. The van der Waals surface area contributed by atoms with Crippen LogP contribution in [-0.4, -0.2) is 60.9 Å². The monoisotopic (exact) mass is 465 g/mol. The molecule has 0 bridgehead atoms. The fourth-order valence-electron chi connectivity index (χ4n) is 3.66. The molecule has 3 aromatic rings. The van der Waals surface area contributed by atoms with E-state index in [0.717, 1.165) is 12.1 Å². The zero-order chi connectivity index (χ0) is 23.6. The number of piperidine rings is 1. The van der Waals surface area contributed by atoms with Crippen molar-refractivity contribution in [2.75, 3.05) is 19.7 Å². The minimum absolute atomic E-state index is 0.0796. The average molecular weight is 465 g/mol. The smallest absolute Gasteiger partial charge is 0.416 e. The molecule has 33 heavy (non-hydrogen) atoms. The van der Waals surface area contributed by atoms with Gasteiger partial charge in [0.25, 0.3) is 5.91 Å². The first-order chi connectivity index (χ1) is 15.7. The van der Waals surface area contributed by atoms with Gasteiger partial charge in [0.1, 0.15) is 5.75 Å². The zero-order valence-corrected chi connectivity index (χ0v) is 18.0. The van der Waals surface area contributed by atoms with Crippen LogP contribution in [0.5, 0.6) is 5.75 Å². The van der Waals surface area contributed by atoms with Crippen LogP contribution in [0.3, 0.4) is 0 Å². The predicted molar refractivity (Wildman–Crippen MR) is 106 cm³/mol. The normalized spacial score (nSPS) is 15.1. The average Bonchev–Trinajstić information content (AvgIpc) is 3.40. The molecule has 1 fully saturated rings. The van der Waals surface area contributed by atoms with E-state index in [9.17, 15) is 18.0 Å². The Hall–Kier alpha value is -3.51. The number of halogens is 3. The van der Waals surface area contributed by atoms with E-state index < -0.39 is 11.7 Å². The molecule has 1 saturated heterocycles. The Morgan fingerprint density at radius 1 is 1.24 bits per heavy atom. The van der Waals surface area contributed by atoms with Gasteiger partial charge in [0, 0.05) is 31.5 Å². The van der Waals surface area contributed by atoms with Crippen molar-refractivity contribution >= 4 is 5.91 Å². The Morgan fingerprint density at radius 3 is 2.61 bits per heavy atom. The van der Waals surface area contributed by atoms with Gasteiger partial charge in [0.05, 0.1) is 12.1 Å². The number of ether oxygens (including phenoxy) is 1. The van der Waals surface area contributed by atoms with Gasteiger partial charge in [-0.3, -0.25) is 4.79 Å². The molecule has 0 radical (unpaired) electrons. The predicted octanol–water partition coefficient (Wildman–Crippen LogP) is 2.53. The van der Waals surface area contributed by atoms with Crippen molar-refractivity contribution in [1.82, 2.24) is 35.2 Å². The number of aryl methyl sites for hydroxylation is 2. The van der Waals surface area contributed by atoms with Crippen LogP contribution in [0.2, 0.25) is 0 Å². The number of carbonyl (C=O) groups is 1. The van der Waals surface area contributed by atoms with Crippen molar-refractivity contribution in [3.8, 4) is 5.75 Å². The summed E-state index contributed by atoms with van der Waals surface area (Å²) in [6, 6.07) is 3.10. The van der Waals surface area contributed by atoms with Gasteiger partial charge in [-0.1, -0.05) is 5.16 Å². The highest BCUT2D eigenvalue weighted by Crippen LogP contribution is 2.33. The van der Waals surface area contributed by atoms with Gasteiger partial charge >= 0.3 is 6.18 Å². The molecule has 3 heterocycles. The quantitative estimate of drug-likeness (QED) is 0.546. The summed E-state index contributed by atoms with van der Waals surface area (Å²) in [5, 5.41) is 15.5. The number of aromatic nitrogens is 6. The molecule has 0 spiro atoms. The number of rotatable bonds is 6. The van der Waals surface area contributed by atoms with Gasteiger partial charge in [0.2, 0.25) is 5.89 Å². The molecule has 1 amide bonds. The molecule has 0 aliphatic carbocycles. The molecule has 0 saturated carbocycles. The number of nitrogens with zero attached hydrogens (tertiary/aromatic N) is 7. The number of hydrogen-bond acceptors (Lipinski definition) is 8. The Balaban J connectivity index is 1.40. The molecule has 1 aliphatic rings. The minimum Gasteiger partial charge on any atom is -0.483 e. The van der Waals surface area contributed by atoms with Crippen molar-refractivity contribution in [2.45, 2.75) is 45.3 Å². The van der Waals surface area contributed by atoms with Crippen molar-refractivity contribution in [1.29, 1.82) is 0 Å². The van der Waals surface area contributed by atoms with E-state index in [-0.39, 0.29) is 36.3 Å². The summed E-state index contributed by atoms with van der Waals surface area (Å²) in [5.74, 6) is 1.55. The Kier molecular flexibility index (Phi) is 6.29. The number of carbonyl (C=O) groups excluding carboxylic acids is 1. The maximum atomic E-state index is 13.2. The van der Waals surface area contributed by atoms with Crippen LogP contribution in [-0.2, 0) is 17.5 Å². The number of alkyl halides is 3. The number of benzene rings is 1. The summed E-state index contributed by atoms with van der Waals surface area (Å²) in [6.45, 7) is 3.97. The highest BCUT2D eigenvalue weighted by molar-refractivity contribution is 5.78. The highest BCUT2D eigenvalue weighted by Gasteiger charge is 2.32. The summed E-state index contributed by atoms with van der Waals surface area (Å²) in [5.41, 5.74) is -0.631. The standard InChI is InChI=1S/C20H22F3N7O3/c1-12-25-28-30(26-12)10-15-9-16(20(21,22)23)3-4-17(15)32-11-18(31)29-7-5-14(6-8-29)19-24-13(2)33-27-19/h3-4,9,14H,5-8,10-11H2,1-2H3. The molecule has 10 nitrogen and oxygen atoms in total. The minimum atomic E-state index is -4.52. The lowest BCUT2D eigenvalue weighted by Crippen LogP contribution is -2.40. The first-order valence-corrected chi connectivity index (χ1v) is 10.3. The third kappa shape index (κ3) is 5.46. The van der Waals surface area contributed by atoms with Crippen LogP contribution in [0.25, 0.3) is 0 Å². The topological polar surface area (TPSA) is 112 Å². The third-order valence-electron chi connectivity index (χ3n) is 5.36. The van der Waals surface area contributed by atoms with Crippen LogP contribution in [0.4, 0.5) is 13.2 Å². The van der Waals surface area contributed by atoms with Crippen molar-refractivity contribution in [3.63, 3.8) is 0 Å². The lowest BCUT2D eigenvalue weighted by molar-refractivity contribution is -0.138. The van der Waals surface area contributed by atoms with E-state index in [4.69, 9.17) is 9.26 Å². The Bertz CT molecular complexity index is 1120. The van der Waals surface area contributed by atoms with Crippen molar-refractivity contribution in [3.05, 3.63) is 46.9 Å². The molecule has 0 N–H and O–H groups in total. The van der Waals surface area contributed by atoms with Gasteiger partial charge in [-0.15, -0.1) is 10.2 Å². The lowest BCUT2D eigenvalue weighted by atomic mass is 9.96. The SMILES string of the molecule is Cc1nnn(Cc2cc(C(F)(F)F)ccc2OCC(=O)N2CCC(c3noc(C)n3)CC2)n1. The van der Waals surface area contributed by atoms with Crippen LogP contribution in [0.15, 0.2) is 22.7 Å². The largest absolute Gasteiger partial charge is 0.483 e. The van der Waals surface area contributed by atoms with E-state index in [1.807, 2.05) is 0 Å². The van der Waals surface area contributed by atoms with Gasteiger partial charge in [-0.2, -0.15) is 23.0 Å². The molecular formula is C20H22F3N7O3. The molecule has 2 aromatic heterocycles. The highest BCUT2D eigenvalue weighted by atomic mass is 19.4. The Morgan fingerprint density at radius 2 is 2.00 bits per heavy atom. The summed E-state index contributed by atoms with van der Waals surface area (Å²) in [6.07, 6.45) is -3.14. The number of tetrazole rings is 1. The summed E-state index contributed by atoms with van der Waals surface area (Å²) in [4.78, 5) is 19.7. The van der Waals surface area contributed by atoms with E-state index in [1.54, 1.807) is 18.7 Å². The summed E-state index contributed by atoms with van der Waals surface area (Å²) in [7, 11) is 0.